The third-order valence-electron chi connectivity index (χ3n) is 3.87. The van der Waals surface area contributed by atoms with E-state index in [1.807, 2.05) is 19.2 Å². The Morgan fingerprint density at radius 2 is 1.55 bits per heavy atom. The van der Waals surface area contributed by atoms with E-state index in [0.717, 1.165) is 11.4 Å². The molecular formula is C18H22ClN. The second-order valence-electron chi connectivity index (χ2n) is 5.47. The van der Waals surface area contributed by atoms with Gasteiger partial charge >= 0.3 is 0 Å². The Balaban J connectivity index is 2.29. The molecule has 0 aromatic heterocycles. The van der Waals surface area contributed by atoms with Crippen LogP contribution in [0.25, 0.3) is 0 Å². The molecule has 0 bridgehead atoms. The van der Waals surface area contributed by atoms with E-state index in [1.165, 1.54) is 27.8 Å². The first-order chi connectivity index (χ1) is 9.51. The molecule has 0 saturated carbocycles. The summed E-state index contributed by atoms with van der Waals surface area (Å²) in [5, 5.41) is 4.20. The highest BCUT2D eigenvalue weighted by Gasteiger charge is 2.13. The molecule has 0 spiro atoms. The highest BCUT2D eigenvalue weighted by molar-refractivity contribution is 6.30. The van der Waals surface area contributed by atoms with E-state index in [0.29, 0.717) is 6.04 Å². The van der Waals surface area contributed by atoms with Crippen molar-refractivity contribution in [3.05, 3.63) is 69.2 Å². The van der Waals surface area contributed by atoms with Crippen LogP contribution in [0.3, 0.4) is 0 Å². The van der Waals surface area contributed by atoms with Crippen molar-refractivity contribution in [1.82, 2.24) is 5.32 Å². The molecule has 0 heterocycles. The molecule has 2 heteroatoms. The van der Waals surface area contributed by atoms with Crippen molar-refractivity contribution >= 4 is 11.6 Å². The van der Waals surface area contributed by atoms with E-state index >= 15 is 0 Å². The van der Waals surface area contributed by atoms with Crippen LogP contribution in [0, 0.1) is 20.8 Å². The second kappa shape index (κ2) is 6.43. The fraction of sp³-hybridized carbons (Fsp3) is 0.333. The van der Waals surface area contributed by atoms with E-state index in [2.05, 4.69) is 50.4 Å². The molecule has 0 aliphatic carbocycles. The van der Waals surface area contributed by atoms with Crippen LogP contribution in [0.2, 0.25) is 5.02 Å². The summed E-state index contributed by atoms with van der Waals surface area (Å²) in [6, 6.07) is 12.9. The second-order valence-corrected chi connectivity index (χ2v) is 5.91. The molecule has 0 aliphatic heterocycles. The van der Waals surface area contributed by atoms with E-state index < -0.39 is 0 Å². The van der Waals surface area contributed by atoms with Crippen LogP contribution in [-0.2, 0) is 6.42 Å². The molecule has 0 aliphatic rings. The summed E-state index contributed by atoms with van der Waals surface area (Å²) < 4.78 is 0. The predicted molar refractivity (Wildman–Crippen MR) is 87.6 cm³/mol. The molecule has 1 unspecified atom stereocenters. The van der Waals surface area contributed by atoms with Gasteiger partial charge in [-0.15, -0.1) is 0 Å². The first kappa shape index (κ1) is 15.1. The summed E-state index contributed by atoms with van der Waals surface area (Å²) in [4.78, 5) is 0. The number of hydrogen-bond acceptors (Lipinski definition) is 1. The third-order valence-corrected chi connectivity index (χ3v) is 4.12. The summed E-state index contributed by atoms with van der Waals surface area (Å²) in [6.45, 7) is 6.55. The van der Waals surface area contributed by atoms with Gasteiger partial charge in [-0.3, -0.25) is 0 Å². The topological polar surface area (TPSA) is 12.0 Å². The SMILES string of the molecule is CNC(Cc1c(C)cc(C)cc1C)c1ccc(Cl)cc1. The summed E-state index contributed by atoms with van der Waals surface area (Å²) >= 11 is 5.97. The molecule has 2 rings (SSSR count). The number of rotatable bonds is 4. The van der Waals surface area contributed by atoms with E-state index in [1.54, 1.807) is 0 Å². The Morgan fingerprint density at radius 1 is 1.00 bits per heavy atom. The molecule has 0 radical (unpaired) electrons. The maximum Gasteiger partial charge on any atom is 0.0406 e. The summed E-state index contributed by atoms with van der Waals surface area (Å²) in [7, 11) is 2.01. The van der Waals surface area contributed by atoms with Gasteiger partial charge in [0.15, 0.2) is 0 Å². The third kappa shape index (κ3) is 3.41. The molecule has 0 amide bonds. The molecule has 0 saturated heterocycles. The molecule has 2 aromatic carbocycles. The van der Waals surface area contributed by atoms with Crippen LogP contribution in [0.4, 0.5) is 0 Å². The number of likely N-dealkylation sites (N-methyl/N-ethyl adjacent to an activating group) is 1. The zero-order chi connectivity index (χ0) is 14.7. The average molecular weight is 288 g/mol. The van der Waals surface area contributed by atoms with Crippen LogP contribution >= 0.6 is 11.6 Å². The Kier molecular flexibility index (Phi) is 4.85. The van der Waals surface area contributed by atoms with Crippen LogP contribution < -0.4 is 5.32 Å². The van der Waals surface area contributed by atoms with Crippen LogP contribution in [0.15, 0.2) is 36.4 Å². The lowest BCUT2D eigenvalue weighted by Crippen LogP contribution is -2.19. The zero-order valence-corrected chi connectivity index (χ0v) is 13.4. The Morgan fingerprint density at radius 3 is 2.05 bits per heavy atom. The van der Waals surface area contributed by atoms with Crippen molar-refractivity contribution < 1.29 is 0 Å². The molecule has 0 fully saturated rings. The smallest absolute Gasteiger partial charge is 0.0406 e. The average Bonchev–Trinajstić information content (AvgIpc) is 2.39. The van der Waals surface area contributed by atoms with Crippen molar-refractivity contribution in [1.29, 1.82) is 0 Å². The van der Waals surface area contributed by atoms with Crippen LogP contribution in [0.1, 0.15) is 33.9 Å². The van der Waals surface area contributed by atoms with E-state index in [-0.39, 0.29) is 0 Å². The van der Waals surface area contributed by atoms with Crippen LogP contribution in [0.5, 0.6) is 0 Å². The minimum absolute atomic E-state index is 0.312. The minimum Gasteiger partial charge on any atom is -0.313 e. The van der Waals surface area contributed by atoms with Crippen molar-refractivity contribution in [3.8, 4) is 0 Å². The van der Waals surface area contributed by atoms with Crippen molar-refractivity contribution in [2.45, 2.75) is 33.2 Å². The Bertz CT molecular complexity index is 564. The van der Waals surface area contributed by atoms with Gasteiger partial charge in [0.2, 0.25) is 0 Å². The van der Waals surface area contributed by atoms with Gasteiger partial charge in [-0.2, -0.15) is 0 Å². The van der Waals surface area contributed by atoms with Gasteiger partial charge in [0, 0.05) is 11.1 Å². The lowest BCUT2D eigenvalue weighted by Gasteiger charge is -2.20. The highest BCUT2D eigenvalue weighted by Crippen LogP contribution is 2.24. The molecule has 1 atom stereocenters. The quantitative estimate of drug-likeness (QED) is 0.854. The fourth-order valence-corrected chi connectivity index (χ4v) is 2.94. The van der Waals surface area contributed by atoms with Gasteiger partial charge in [0.05, 0.1) is 0 Å². The highest BCUT2D eigenvalue weighted by atomic mass is 35.5. The zero-order valence-electron chi connectivity index (χ0n) is 12.6. The van der Waals surface area contributed by atoms with Gasteiger partial charge in [-0.25, -0.2) is 0 Å². The van der Waals surface area contributed by atoms with Crippen LogP contribution in [-0.4, -0.2) is 7.05 Å². The number of benzene rings is 2. The number of halogens is 1. The van der Waals surface area contributed by atoms with E-state index in [4.69, 9.17) is 11.6 Å². The van der Waals surface area contributed by atoms with Crippen molar-refractivity contribution in [2.75, 3.05) is 7.05 Å². The molecule has 1 nitrogen and oxygen atoms in total. The first-order valence-corrected chi connectivity index (χ1v) is 7.38. The molecule has 106 valence electrons. The maximum absolute atomic E-state index is 5.97. The number of aryl methyl sites for hydroxylation is 3. The molecule has 1 N–H and O–H groups in total. The normalized spacial score (nSPS) is 12.4. The van der Waals surface area contributed by atoms with Gasteiger partial charge in [-0.1, -0.05) is 41.4 Å². The Labute approximate surface area is 127 Å². The number of hydrogen-bond donors (Lipinski definition) is 1. The standard InChI is InChI=1S/C18H22ClN/c1-12-9-13(2)17(14(3)10-12)11-18(20-4)15-5-7-16(19)8-6-15/h5-10,18,20H,11H2,1-4H3. The number of nitrogens with one attached hydrogen (secondary N) is 1. The monoisotopic (exact) mass is 287 g/mol. The minimum atomic E-state index is 0.312. The molecular weight excluding hydrogens is 266 g/mol. The van der Waals surface area contributed by atoms with Gasteiger partial charge in [0.1, 0.15) is 0 Å². The van der Waals surface area contributed by atoms with Gasteiger partial charge in [-0.05, 0) is 68.6 Å². The first-order valence-electron chi connectivity index (χ1n) is 7.00. The van der Waals surface area contributed by atoms with Gasteiger partial charge < -0.3 is 5.32 Å². The summed E-state index contributed by atoms with van der Waals surface area (Å²) in [6.07, 6.45) is 0.996. The van der Waals surface area contributed by atoms with Gasteiger partial charge in [0.25, 0.3) is 0 Å². The molecule has 2 aromatic rings. The summed E-state index contributed by atoms with van der Waals surface area (Å²) in [5.41, 5.74) is 6.78. The fourth-order valence-electron chi connectivity index (χ4n) is 2.82. The van der Waals surface area contributed by atoms with E-state index in [9.17, 15) is 0 Å². The lowest BCUT2D eigenvalue weighted by molar-refractivity contribution is 0.589. The molecule has 20 heavy (non-hydrogen) atoms. The van der Waals surface area contributed by atoms with Crippen molar-refractivity contribution in [3.63, 3.8) is 0 Å². The van der Waals surface area contributed by atoms with Crippen molar-refractivity contribution in [2.24, 2.45) is 0 Å². The Hall–Kier alpha value is -1.31. The largest absolute Gasteiger partial charge is 0.313 e. The lowest BCUT2D eigenvalue weighted by atomic mass is 9.92. The summed E-state index contributed by atoms with van der Waals surface area (Å²) in [5.74, 6) is 0. The predicted octanol–water partition coefficient (Wildman–Crippen LogP) is 4.77. The maximum atomic E-state index is 5.97.